The maximum Gasteiger partial charge on any atom is 0.315 e. The van der Waals surface area contributed by atoms with Crippen LogP contribution in [0.3, 0.4) is 0 Å². The van der Waals surface area contributed by atoms with Gasteiger partial charge in [0.05, 0.1) is 12.6 Å². The van der Waals surface area contributed by atoms with Crippen LogP contribution in [-0.2, 0) is 16.6 Å². The Labute approximate surface area is 135 Å². The molecule has 1 fully saturated rings. The molecule has 0 bridgehead atoms. The van der Waals surface area contributed by atoms with Crippen LogP contribution in [0.15, 0.2) is 48.5 Å². The first kappa shape index (κ1) is 14.3. The summed E-state index contributed by atoms with van der Waals surface area (Å²) < 4.78 is 5.55. The van der Waals surface area contributed by atoms with Gasteiger partial charge in [0.2, 0.25) is 0 Å². The van der Waals surface area contributed by atoms with Gasteiger partial charge < -0.3 is 10.1 Å². The third kappa shape index (κ3) is 2.49. The lowest BCUT2D eigenvalue weighted by Gasteiger charge is -2.23. The van der Waals surface area contributed by atoms with Crippen LogP contribution in [0.2, 0.25) is 0 Å². The highest BCUT2D eigenvalue weighted by Crippen LogP contribution is 2.46. The number of fused-ring (bicyclic) bond motifs is 3. The number of anilines is 1. The highest BCUT2D eigenvalue weighted by molar-refractivity contribution is 5.76. The Morgan fingerprint density at radius 1 is 1.26 bits per heavy atom. The molecule has 0 aromatic heterocycles. The predicted molar refractivity (Wildman–Crippen MR) is 89.6 cm³/mol. The molecule has 0 spiro atoms. The maximum atomic E-state index is 12.1. The summed E-state index contributed by atoms with van der Waals surface area (Å²) in [5.41, 5.74) is 3.40. The molecule has 2 aromatic carbocycles. The van der Waals surface area contributed by atoms with Gasteiger partial charge in [-0.3, -0.25) is 10.1 Å². The number of carbonyl (C=O) groups is 1. The standard InChI is InChI=1S/C19H20N2O2/c1-19-9-10-20-18(19)21-16-8-7-14(12-15(16)19)23-17(22)11-13-5-3-2-4-6-13/h2-8,12,18,20-21H,9-11H2,1H3/t18-,19+/m1/s1. The topological polar surface area (TPSA) is 50.4 Å². The minimum atomic E-state index is -0.228. The van der Waals surface area contributed by atoms with Gasteiger partial charge in [-0.1, -0.05) is 37.3 Å². The van der Waals surface area contributed by atoms with Crippen LogP contribution in [0.5, 0.6) is 5.75 Å². The van der Waals surface area contributed by atoms with Crippen LogP contribution in [0.25, 0.3) is 0 Å². The molecular weight excluding hydrogens is 288 g/mol. The number of benzene rings is 2. The lowest BCUT2D eigenvalue weighted by atomic mass is 9.81. The van der Waals surface area contributed by atoms with E-state index in [0.717, 1.165) is 24.2 Å². The van der Waals surface area contributed by atoms with Crippen LogP contribution >= 0.6 is 0 Å². The molecular formula is C19H20N2O2. The second-order valence-electron chi connectivity index (χ2n) is 6.54. The van der Waals surface area contributed by atoms with E-state index < -0.39 is 0 Å². The molecule has 4 nitrogen and oxygen atoms in total. The van der Waals surface area contributed by atoms with Crippen molar-refractivity contribution in [1.82, 2.24) is 5.32 Å². The lowest BCUT2D eigenvalue weighted by Crippen LogP contribution is -2.38. The summed E-state index contributed by atoms with van der Waals surface area (Å²) in [5, 5.41) is 6.99. The third-order valence-electron chi connectivity index (χ3n) is 4.96. The fourth-order valence-electron chi connectivity index (χ4n) is 3.62. The number of esters is 1. The zero-order chi connectivity index (χ0) is 15.9. The highest BCUT2D eigenvalue weighted by atomic mass is 16.5. The molecule has 0 radical (unpaired) electrons. The van der Waals surface area contributed by atoms with Crippen LogP contribution in [0.1, 0.15) is 24.5 Å². The van der Waals surface area contributed by atoms with Crippen molar-refractivity contribution in [3.05, 3.63) is 59.7 Å². The fourth-order valence-corrected chi connectivity index (χ4v) is 3.62. The Bertz CT molecular complexity index is 744. The fraction of sp³-hybridized carbons (Fsp3) is 0.316. The Kier molecular flexibility index (Phi) is 3.34. The Morgan fingerprint density at radius 2 is 2.09 bits per heavy atom. The second-order valence-corrected chi connectivity index (χ2v) is 6.54. The minimum absolute atomic E-state index is 0.0666. The first-order valence-electron chi connectivity index (χ1n) is 8.04. The second kappa shape index (κ2) is 5.39. The van der Waals surface area contributed by atoms with Crippen LogP contribution in [-0.4, -0.2) is 18.7 Å². The molecule has 0 unspecified atom stereocenters. The van der Waals surface area contributed by atoms with Crippen LogP contribution in [0.4, 0.5) is 5.69 Å². The van der Waals surface area contributed by atoms with Crippen molar-refractivity contribution in [2.45, 2.75) is 31.3 Å². The molecule has 1 saturated heterocycles. The van der Waals surface area contributed by atoms with Crippen molar-refractivity contribution in [2.24, 2.45) is 0 Å². The first-order valence-corrected chi connectivity index (χ1v) is 8.04. The van der Waals surface area contributed by atoms with Crippen molar-refractivity contribution < 1.29 is 9.53 Å². The predicted octanol–water partition coefficient (Wildman–Crippen LogP) is 2.84. The van der Waals surface area contributed by atoms with Crippen molar-refractivity contribution in [2.75, 3.05) is 11.9 Å². The van der Waals surface area contributed by atoms with E-state index >= 15 is 0 Å². The summed E-state index contributed by atoms with van der Waals surface area (Å²) >= 11 is 0. The molecule has 118 valence electrons. The van der Waals surface area contributed by atoms with Gasteiger partial charge in [0.1, 0.15) is 5.75 Å². The SMILES string of the molecule is C[C@@]12CCN[C@@H]1Nc1ccc(OC(=O)Cc3ccccc3)cc12. The van der Waals surface area contributed by atoms with Gasteiger partial charge in [-0.15, -0.1) is 0 Å². The monoisotopic (exact) mass is 308 g/mol. The number of hydrogen-bond acceptors (Lipinski definition) is 4. The van der Waals surface area contributed by atoms with E-state index in [1.165, 1.54) is 5.56 Å². The van der Waals surface area contributed by atoms with Crippen LogP contribution < -0.4 is 15.4 Å². The molecule has 0 amide bonds. The minimum Gasteiger partial charge on any atom is -0.426 e. The summed E-state index contributed by atoms with van der Waals surface area (Å²) in [6.45, 7) is 3.26. The molecule has 2 heterocycles. The zero-order valence-corrected chi connectivity index (χ0v) is 13.1. The molecule has 4 rings (SSSR count). The van der Waals surface area contributed by atoms with Crippen molar-refractivity contribution in [3.8, 4) is 5.75 Å². The summed E-state index contributed by atoms with van der Waals surface area (Å²) in [4.78, 5) is 12.1. The van der Waals surface area contributed by atoms with Crippen LogP contribution in [0, 0.1) is 0 Å². The molecule has 4 heteroatoms. The summed E-state index contributed by atoms with van der Waals surface area (Å²) in [5.74, 6) is 0.397. The van der Waals surface area contributed by atoms with Crippen molar-refractivity contribution >= 4 is 11.7 Å². The summed E-state index contributed by atoms with van der Waals surface area (Å²) in [6, 6.07) is 15.5. The Hall–Kier alpha value is -2.33. The third-order valence-corrected chi connectivity index (χ3v) is 4.96. The zero-order valence-electron chi connectivity index (χ0n) is 13.1. The van der Waals surface area contributed by atoms with Crippen molar-refractivity contribution in [3.63, 3.8) is 0 Å². The number of rotatable bonds is 3. The Balaban J connectivity index is 1.52. The molecule has 2 N–H and O–H groups in total. The van der Waals surface area contributed by atoms with E-state index in [1.807, 2.05) is 48.5 Å². The van der Waals surface area contributed by atoms with E-state index in [2.05, 4.69) is 17.6 Å². The molecule has 2 aromatic rings. The van der Waals surface area contributed by atoms with E-state index in [9.17, 15) is 4.79 Å². The molecule has 2 aliphatic heterocycles. The number of ether oxygens (including phenoxy) is 1. The number of hydrogen-bond donors (Lipinski definition) is 2. The van der Waals surface area contributed by atoms with Gasteiger partial charge in [-0.2, -0.15) is 0 Å². The van der Waals surface area contributed by atoms with Gasteiger partial charge >= 0.3 is 5.97 Å². The molecule has 2 atom stereocenters. The largest absolute Gasteiger partial charge is 0.426 e. The Morgan fingerprint density at radius 3 is 2.91 bits per heavy atom. The molecule has 0 aliphatic carbocycles. The normalized spacial score (nSPS) is 24.7. The first-order chi connectivity index (χ1) is 11.1. The smallest absolute Gasteiger partial charge is 0.315 e. The quantitative estimate of drug-likeness (QED) is 0.676. The maximum absolute atomic E-state index is 12.1. The highest BCUT2D eigenvalue weighted by Gasteiger charge is 2.46. The van der Waals surface area contributed by atoms with E-state index in [4.69, 9.17) is 4.74 Å². The van der Waals surface area contributed by atoms with Gasteiger partial charge in [0, 0.05) is 11.1 Å². The summed E-state index contributed by atoms with van der Waals surface area (Å²) in [7, 11) is 0. The molecule has 2 aliphatic rings. The average Bonchev–Trinajstić information content (AvgIpc) is 3.03. The van der Waals surface area contributed by atoms with Gasteiger partial charge in [0.15, 0.2) is 0 Å². The summed E-state index contributed by atoms with van der Waals surface area (Å²) in [6.07, 6.45) is 1.64. The van der Waals surface area contributed by atoms with E-state index in [-0.39, 0.29) is 24.0 Å². The number of carbonyl (C=O) groups excluding carboxylic acids is 1. The van der Waals surface area contributed by atoms with E-state index in [1.54, 1.807) is 0 Å². The lowest BCUT2D eigenvalue weighted by molar-refractivity contribution is -0.133. The number of nitrogens with one attached hydrogen (secondary N) is 2. The molecule has 0 saturated carbocycles. The average molecular weight is 308 g/mol. The van der Waals surface area contributed by atoms with Gasteiger partial charge in [-0.05, 0) is 42.3 Å². The van der Waals surface area contributed by atoms with Crippen molar-refractivity contribution in [1.29, 1.82) is 0 Å². The van der Waals surface area contributed by atoms with E-state index in [0.29, 0.717) is 5.75 Å². The van der Waals surface area contributed by atoms with Gasteiger partial charge in [0.25, 0.3) is 0 Å². The molecule has 23 heavy (non-hydrogen) atoms. The van der Waals surface area contributed by atoms with Gasteiger partial charge in [-0.25, -0.2) is 0 Å².